The molecular formula is C37H41FN4O9Si. The van der Waals surface area contributed by atoms with Gasteiger partial charge >= 0.3 is 5.97 Å². The summed E-state index contributed by atoms with van der Waals surface area (Å²) in [6.07, 6.45) is -2.02. The molecule has 3 aliphatic rings. The zero-order valence-corrected chi connectivity index (χ0v) is 30.4. The molecule has 1 spiro atoms. The van der Waals surface area contributed by atoms with Gasteiger partial charge in [0, 0.05) is 54.9 Å². The van der Waals surface area contributed by atoms with Crippen LogP contribution in [-0.2, 0) is 47.3 Å². The average molecular weight is 733 g/mol. The van der Waals surface area contributed by atoms with Crippen LogP contribution in [0, 0.1) is 16.0 Å². The van der Waals surface area contributed by atoms with Crippen LogP contribution >= 0.6 is 0 Å². The van der Waals surface area contributed by atoms with Crippen molar-refractivity contribution in [1.82, 2.24) is 4.90 Å². The molecule has 3 aromatic rings. The van der Waals surface area contributed by atoms with E-state index in [1.807, 2.05) is 30.3 Å². The summed E-state index contributed by atoms with van der Waals surface area (Å²) in [7, 11) is -3.69. The zero-order chi connectivity index (χ0) is 37.5. The predicted octanol–water partition coefficient (Wildman–Crippen LogP) is 4.95. The van der Waals surface area contributed by atoms with Crippen molar-refractivity contribution in [2.75, 3.05) is 23.0 Å². The first-order valence-electron chi connectivity index (χ1n) is 17.1. The van der Waals surface area contributed by atoms with Crippen LogP contribution in [-0.4, -0.2) is 72.5 Å². The van der Waals surface area contributed by atoms with E-state index in [0.717, 1.165) is 5.56 Å². The number of aliphatic hydroxyl groups excluding tert-OH is 1. The molecule has 2 fully saturated rings. The first-order valence-corrected chi connectivity index (χ1v) is 20.1. The van der Waals surface area contributed by atoms with Crippen LogP contribution in [0.1, 0.15) is 43.4 Å². The van der Waals surface area contributed by atoms with Gasteiger partial charge in [-0.2, -0.15) is 0 Å². The Balaban J connectivity index is 1.35. The fourth-order valence-corrected chi connectivity index (χ4v) is 10.5. The Kier molecular flexibility index (Phi) is 10.0. The molecule has 3 heterocycles. The van der Waals surface area contributed by atoms with Crippen LogP contribution in [0.4, 0.5) is 21.2 Å². The molecule has 0 aliphatic carbocycles. The third-order valence-corrected chi connectivity index (χ3v) is 12.7. The Morgan fingerprint density at radius 3 is 2.44 bits per heavy atom. The number of esters is 1. The summed E-state index contributed by atoms with van der Waals surface area (Å²) in [6.45, 7) is 5.89. The van der Waals surface area contributed by atoms with E-state index in [9.17, 15) is 34.4 Å². The highest BCUT2D eigenvalue weighted by atomic mass is 28.4. The first kappa shape index (κ1) is 36.8. The number of hydrogen-bond acceptors (Lipinski definition) is 9. The van der Waals surface area contributed by atoms with Crippen molar-refractivity contribution in [3.8, 4) is 0 Å². The van der Waals surface area contributed by atoms with E-state index in [4.69, 9.17) is 9.47 Å². The Morgan fingerprint density at radius 2 is 1.81 bits per heavy atom. The van der Waals surface area contributed by atoms with Gasteiger partial charge in [-0.15, -0.1) is 0 Å². The summed E-state index contributed by atoms with van der Waals surface area (Å²) >= 11 is 0. The number of fused-ring (bicyclic) bond motifs is 2. The third kappa shape index (κ3) is 6.71. The topological polar surface area (TPSA) is 160 Å². The number of nitro benzene ring substituents is 1. The minimum Gasteiger partial charge on any atom is -0.441 e. The molecule has 1 N–H and O–H groups in total. The number of aliphatic hydroxyl groups is 1. The maximum Gasteiger partial charge on any atom is 0.304 e. The van der Waals surface area contributed by atoms with Crippen molar-refractivity contribution in [3.05, 3.63) is 99.6 Å². The Morgan fingerprint density at radius 1 is 1.10 bits per heavy atom. The maximum atomic E-state index is 16.4. The molecule has 15 heteroatoms. The Hall–Kier alpha value is -4.99. The van der Waals surface area contributed by atoms with E-state index in [2.05, 4.69) is 0 Å². The molecule has 0 bridgehead atoms. The lowest BCUT2D eigenvalue weighted by Gasteiger charge is -2.39. The van der Waals surface area contributed by atoms with Gasteiger partial charge in [0.15, 0.2) is 11.8 Å². The molecule has 1 unspecified atom stereocenters. The lowest BCUT2D eigenvalue weighted by atomic mass is 9.82. The van der Waals surface area contributed by atoms with Crippen LogP contribution < -0.4 is 9.80 Å². The quantitative estimate of drug-likeness (QED) is 0.0679. The van der Waals surface area contributed by atoms with Crippen molar-refractivity contribution >= 4 is 49.2 Å². The summed E-state index contributed by atoms with van der Waals surface area (Å²) in [5, 5.41) is 21.8. The number of ether oxygens (including phenoxy) is 2. The fraction of sp³-hybridized carbons (Fsp3) is 0.405. The van der Waals surface area contributed by atoms with E-state index in [1.165, 1.54) is 52.9 Å². The lowest BCUT2D eigenvalue weighted by Crippen LogP contribution is -2.54. The predicted molar refractivity (Wildman–Crippen MR) is 190 cm³/mol. The molecule has 0 radical (unpaired) electrons. The fourth-order valence-electron chi connectivity index (χ4n) is 7.99. The zero-order valence-electron chi connectivity index (χ0n) is 29.4. The Labute approximate surface area is 301 Å². The second-order valence-corrected chi connectivity index (χ2v) is 17.8. The molecule has 52 heavy (non-hydrogen) atoms. The van der Waals surface area contributed by atoms with Crippen molar-refractivity contribution < 1.29 is 42.8 Å². The summed E-state index contributed by atoms with van der Waals surface area (Å²) in [6, 6.07) is 20.1. The largest absolute Gasteiger partial charge is 0.441 e. The van der Waals surface area contributed by atoms with Crippen LogP contribution in [0.5, 0.6) is 0 Å². The molecule has 274 valence electrons. The molecule has 6 rings (SSSR count). The number of anilines is 2. The summed E-state index contributed by atoms with van der Waals surface area (Å²) in [5.41, 5.74) is -0.489. The molecule has 2 saturated heterocycles. The number of non-ortho nitro benzene ring substituents is 1. The Bertz CT molecular complexity index is 1910. The minimum absolute atomic E-state index is 0.0262. The summed E-state index contributed by atoms with van der Waals surface area (Å²) in [5.74, 6) is -2.52. The van der Waals surface area contributed by atoms with Crippen molar-refractivity contribution in [2.24, 2.45) is 5.92 Å². The van der Waals surface area contributed by atoms with Crippen molar-refractivity contribution in [1.29, 1.82) is 0 Å². The number of carbonyl (C=O) groups excluding carboxylic acids is 4. The third-order valence-electron chi connectivity index (χ3n) is 10.2. The number of hydrogen-bond donors (Lipinski definition) is 1. The second-order valence-electron chi connectivity index (χ2n) is 14.1. The van der Waals surface area contributed by atoms with Crippen LogP contribution in [0.25, 0.3) is 0 Å². The lowest BCUT2D eigenvalue weighted by molar-refractivity contribution is -0.385. The van der Waals surface area contributed by atoms with Crippen LogP contribution in [0.15, 0.2) is 72.8 Å². The van der Waals surface area contributed by atoms with Crippen LogP contribution in [0.3, 0.4) is 0 Å². The number of benzene rings is 3. The van der Waals surface area contributed by atoms with Gasteiger partial charge in [0.25, 0.3) is 11.6 Å². The smallest absolute Gasteiger partial charge is 0.304 e. The average Bonchev–Trinajstić information content (AvgIpc) is 3.50. The molecule has 0 saturated carbocycles. The number of halogens is 1. The number of carbonyl (C=O) groups is 4. The van der Waals surface area contributed by atoms with Crippen molar-refractivity contribution in [3.63, 3.8) is 0 Å². The van der Waals surface area contributed by atoms with Crippen molar-refractivity contribution in [2.45, 2.75) is 76.3 Å². The normalized spacial score (nSPS) is 23.8. The van der Waals surface area contributed by atoms with Gasteiger partial charge in [-0.25, -0.2) is 0 Å². The molecule has 5 atom stereocenters. The van der Waals surface area contributed by atoms with E-state index in [-0.39, 0.29) is 62.1 Å². The first-order chi connectivity index (χ1) is 24.6. The molecular weight excluding hydrogens is 692 g/mol. The van der Waals surface area contributed by atoms with Gasteiger partial charge in [0.2, 0.25) is 20.2 Å². The minimum atomic E-state index is -3.69. The molecule has 0 aromatic heterocycles. The SMILES string of the molecule is CC(=O)OC1CC(=O)N1c1cccc(CN2C(=O)[C@]3(O[C@H](CC(=O)N(CCO)Cc4ccccc4)[C@@H]([Si](C)(C)F)[C@@H]3C)c3cc([N+](=O)[O-])ccc32)c1. The van der Waals surface area contributed by atoms with Gasteiger partial charge in [0.1, 0.15) is 0 Å². The highest BCUT2D eigenvalue weighted by Crippen LogP contribution is 2.60. The van der Waals surface area contributed by atoms with Gasteiger partial charge in [-0.3, -0.25) is 34.2 Å². The number of nitro groups is 1. The monoisotopic (exact) mass is 732 g/mol. The van der Waals surface area contributed by atoms with Gasteiger partial charge < -0.3 is 28.5 Å². The van der Waals surface area contributed by atoms with Gasteiger partial charge in [-0.1, -0.05) is 49.4 Å². The number of β-lactam (4-membered cyclic amide) rings is 1. The maximum absolute atomic E-state index is 16.4. The van der Waals surface area contributed by atoms with E-state index < -0.39 is 54.6 Å². The van der Waals surface area contributed by atoms with Gasteiger partial charge in [0.05, 0.1) is 42.7 Å². The highest BCUT2D eigenvalue weighted by molar-refractivity contribution is 6.72. The highest BCUT2D eigenvalue weighted by Gasteiger charge is 2.67. The number of rotatable bonds is 12. The summed E-state index contributed by atoms with van der Waals surface area (Å²) in [4.78, 5) is 68.5. The number of nitrogens with zero attached hydrogens (tertiary/aromatic N) is 4. The molecule has 3 aromatic carbocycles. The standard InChI is InChI=1S/C37H41FN4O9Si/c1-23-35(52(3,4)38)31(19-32(45)39(15-16-43)21-25-9-6-5-7-10-25)51-37(23)29-18-28(42(48)49)13-14-30(29)40(36(37)47)22-26-11-8-12-27(17-26)41-33(46)20-34(41)50-24(2)44/h5-14,17-18,23,31,34-35,43H,15-16,19-22H2,1-4H3/t23-,31+,34?,35-,37+/m0/s1. The van der Waals surface area contributed by atoms with E-state index in [0.29, 0.717) is 16.9 Å². The van der Waals surface area contributed by atoms with E-state index >= 15 is 4.11 Å². The second kappa shape index (κ2) is 14.2. The van der Waals surface area contributed by atoms with E-state index in [1.54, 1.807) is 31.2 Å². The number of amides is 3. The molecule has 3 aliphatic heterocycles. The van der Waals surface area contributed by atoms with Gasteiger partial charge in [-0.05, 0) is 42.4 Å². The molecule has 13 nitrogen and oxygen atoms in total. The molecule has 3 amide bonds. The van der Waals surface area contributed by atoms with Crippen LogP contribution in [0.2, 0.25) is 18.6 Å². The summed E-state index contributed by atoms with van der Waals surface area (Å²) < 4.78 is 28.4.